The third kappa shape index (κ3) is 27.2. The molecule has 2 aromatic carbocycles. The standard InChI is InChI=1S/C55H75F10N7O15/c1-52(2,3)84-48(78)67-25-17-14-19-27(71-50(80)86-54(7,8)9)44(74)66-24-16-13-20-28(69-46(76)29(72-51(81)87-55(10,11)12)21-15-18-26-68-49(79)85-53(4,5)6)45(75)70-30(47(77)83-43-40(64)36(60)33(57)37(61)41(43)65)22-23-31(73)82-42-38(62)34(58)32(56)35(59)39(42)63/h27-30H,13-26H2,1-12H3,(H,66,74)(H,67,78)(H,68,79)(H,69,76)(H,70,75)(H,71,80)(H,72,81)/t27-,28-,29-,30-/m0/s1. The van der Waals surface area contributed by atoms with Gasteiger partial charge in [-0.25, -0.2) is 50.3 Å². The summed E-state index contributed by atoms with van der Waals surface area (Å²) in [4.78, 5) is 119. The number of ether oxygens (including phenoxy) is 6. The highest BCUT2D eigenvalue weighted by atomic mass is 19.2. The van der Waals surface area contributed by atoms with E-state index in [0.717, 1.165) is 0 Å². The van der Waals surface area contributed by atoms with Crippen molar-refractivity contribution in [2.45, 2.75) is 200 Å². The Labute approximate surface area is 495 Å². The number of nitrogens with one attached hydrogen (secondary N) is 7. The van der Waals surface area contributed by atoms with E-state index < -0.39 is 190 Å². The fourth-order valence-corrected chi connectivity index (χ4v) is 7.21. The molecular formula is C55H75F10N7O15. The second kappa shape index (κ2) is 33.3. The number of halogens is 10. The van der Waals surface area contributed by atoms with E-state index >= 15 is 0 Å². The first-order chi connectivity index (χ1) is 40.0. The number of hydrogen-bond donors (Lipinski definition) is 7. The van der Waals surface area contributed by atoms with Crippen molar-refractivity contribution in [1.82, 2.24) is 37.2 Å². The van der Waals surface area contributed by atoms with E-state index in [2.05, 4.69) is 41.4 Å². The molecule has 0 saturated carbocycles. The Morgan fingerprint density at radius 2 is 0.621 bits per heavy atom. The van der Waals surface area contributed by atoms with Crippen molar-refractivity contribution in [3.8, 4) is 11.5 Å². The zero-order valence-electron chi connectivity index (χ0n) is 50.1. The number of esters is 2. The van der Waals surface area contributed by atoms with Crippen molar-refractivity contribution in [3.05, 3.63) is 58.2 Å². The van der Waals surface area contributed by atoms with Crippen LogP contribution in [0.5, 0.6) is 11.5 Å². The van der Waals surface area contributed by atoms with E-state index in [1.54, 1.807) is 62.3 Å². The maximum Gasteiger partial charge on any atom is 0.408 e. The minimum Gasteiger partial charge on any atom is -0.444 e. The molecule has 2 aromatic rings. The van der Waals surface area contributed by atoms with E-state index in [0.29, 0.717) is 6.42 Å². The minimum absolute atomic E-state index is 0.00000815. The van der Waals surface area contributed by atoms with Crippen molar-refractivity contribution in [2.24, 2.45) is 0 Å². The monoisotopic (exact) mass is 1260 g/mol. The normalized spacial score (nSPS) is 13.1. The number of benzene rings is 2. The van der Waals surface area contributed by atoms with Gasteiger partial charge >= 0.3 is 36.3 Å². The third-order valence-corrected chi connectivity index (χ3v) is 11.0. The predicted octanol–water partition coefficient (Wildman–Crippen LogP) is 8.80. The van der Waals surface area contributed by atoms with Crippen LogP contribution in [0.25, 0.3) is 0 Å². The Balaban J connectivity index is 2.58. The molecule has 2 rings (SSSR count). The largest absolute Gasteiger partial charge is 0.444 e. The zero-order valence-corrected chi connectivity index (χ0v) is 50.1. The first-order valence-electron chi connectivity index (χ1n) is 27.3. The highest BCUT2D eigenvalue weighted by Crippen LogP contribution is 2.31. The second-order valence-corrected chi connectivity index (χ2v) is 23.4. The van der Waals surface area contributed by atoms with Gasteiger partial charge < -0.3 is 65.6 Å². The maximum atomic E-state index is 14.8. The Bertz CT molecular complexity index is 2730. The molecule has 87 heavy (non-hydrogen) atoms. The smallest absolute Gasteiger partial charge is 0.408 e. The van der Waals surface area contributed by atoms with Gasteiger partial charge in [0.15, 0.2) is 0 Å². The molecule has 22 nitrogen and oxygen atoms in total. The fourth-order valence-electron chi connectivity index (χ4n) is 7.21. The predicted molar refractivity (Wildman–Crippen MR) is 286 cm³/mol. The lowest BCUT2D eigenvalue weighted by molar-refractivity contribution is -0.141. The lowest BCUT2D eigenvalue weighted by Crippen LogP contribution is -2.56. The topological polar surface area (TPSA) is 293 Å². The average molecular weight is 1260 g/mol. The molecular weight excluding hydrogens is 1190 g/mol. The molecule has 0 saturated heterocycles. The maximum absolute atomic E-state index is 14.8. The molecule has 7 N–H and O–H groups in total. The van der Waals surface area contributed by atoms with Crippen LogP contribution in [0.2, 0.25) is 0 Å². The number of carbonyl (C=O) groups excluding carboxylic acids is 9. The number of alkyl carbamates (subject to hydrolysis) is 4. The second-order valence-electron chi connectivity index (χ2n) is 23.4. The van der Waals surface area contributed by atoms with Gasteiger partial charge in [-0.3, -0.25) is 19.2 Å². The van der Waals surface area contributed by atoms with E-state index in [4.69, 9.17) is 18.9 Å². The summed E-state index contributed by atoms with van der Waals surface area (Å²) in [5.41, 5.74) is -3.73. The minimum atomic E-state index is -2.70. The first kappa shape index (κ1) is 75.3. The summed E-state index contributed by atoms with van der Waals surface area (Å²) in [6.07, 6.45) is -6.35. The van der Waals surface area contributed by atoms with Gasteiger partial charge in [0.1, 0.15) is 46.6 Å². The van der Waals surface area contributed by atoms with Gasteiger partial charge in [0.25, 0.3) is 0 Å². The molecule has 0 aliphatic rings. The molecule has 0 aliphatic carbocycles. The summed E-state index contributed by atoms with van der Waals surface area (Å²) in [7, 11) is 0. The summed E-state index contributed by atoms with van der Waals surface area (Å²) in [5.74, 6) is -38.1. The van der Waals surface area contributed by atoms with Crippen LogP contribution < -0.4 is 46.7 Å². The molecule has 0 aliphatic heterocycles. The van der Waals surface area contributed by atoms with E-state index in [1.807, 2.05) is 5.32 Å². The van der Waals surface area contributed by atoms with Gasteiger partial charge in [0.2, 0.25) is 87.4 Å². The van der Waals surface area contributed by atoms with Crippen LogP contribution in [0.15, 0.2) is 0 Å². The summed E-state index contributed by atoms with van der Waals surface area (Å²) in [6.45, 7) is 19.0. The number of amides is 7. The van der Waals surface area contributed by atoms with Crippen LogP contribution in [-0.4, -0.2) is 120 Å². The van der Waals surface area contributed by atoms with Gasteiger partial charge in [-0.05, 0) is 147 Å². The van der Waals surface area contributed by atoms with Gasteiger partial charge in [-0.1, -0.05) is 0 Å². The zero-order chi connectivity index (χ0) is 66.5. The Morgan fingerprint density at radius 3 is 0.977 bits per heavy atom. The van der Waals surface area contributed by atoms with Crippen LogP contribution >= 0.6 is 0 Å². The van der Waals surface area contributed by atoms with Gasteiger partial charge in [0.05, 0.1) is 0 Å². The SMILES string of the molecule is CC(C)(C)OC(=O)NCCCC[C@H](NC(=O)OC(C)(C)C)C(=O)NCCCC[C@H](NC(=O)[C@H](CCCCNC(=O)OC(C)(C)C)NC(=O)OC(C)(C)C)C(=O)N[C@@H](CCC(=O)Oc1c(F)c(F)c(F)c(F)c1F)C(=O)Oc1c(F)c(F)c(F)c(F)c1F. The molecule has 490 valence electrons. The molecule has 0 bridgehead atoms. The van der Waals surface area contributed by atoms with E-state index in [-0.39, 0.29) is 64.6 Å². The molecule has 0 aromatic heterocycles. The number of rotatable bonds is 28. The van der Waals surface area contributed by atoms with Crippen LogP contribution in [0.3, 0.4) is 0 Å². The molecule has 0 unspecified atom stereocenters. The molecule has 0 fully saturated rings. The highest BCUT2D eigenvalue weighted by molar-refractivity contribution is 5.93. The Kier molecular flexibility index (Phi) is 28.8. The van der Waals surface area contributed by atoms with Gasteiger partial charge in [-0.2, -0.15) is 17.6 Å². The summed E-state index contributed by atoms with van der Waals surface area (Å²) >= 11 is 0. The van der Waals surface area contributed by atoms with Gasteiger partial charge in [0, 0.05) is 26.1 Å². The van der Waals surface area contributed by atoms with Crippen LogP contribution in [-0.2, 0) is 42.9 Å². The average Bonchev–Trinajstić information content (AvgIpc) is 1.19. The summed E-state index contributed by atoms with van der Waals surface area (Å²) in [6, 6.07) is -7.22. The highest BCUT2D eigenvalue weighted by Gasteiger charge is 2.36. The Morgan fingerprint density at radius 1 is 0.333 bits per heavy atom. The third-order valence-electron chi connectivity index (χ3n) is 11.0. The molecule has 4 atom stereocenters. The molecule has 32 heteroatoms. The number of hydrogen-bond acceptors (Lipinski definition) is 15. The van der Waals surface area contributed by atoms with Gasteiger partial charge in [-0.15, -0.1) is 0 Å². The van der Waals surface area contributed by atoms with Crippen molar-refractivity contribution >= 4 is 54.0 Å². The Hall–Kier alpha value is -7.83. The lowest BCUT2D eigenvalue weighted by atomic mass is 10.0. The number of carbonyl (C=O) groups is 9. The molecule has 7 amide bonds. The van der Waals surface area contributed by atoms with Crippen molar-refractivity contribution in [2.75, 3.05) is 19.6 Å². The fraction of sp³-hybridized carbons (Fsp3) is 0.618. The molecule has 0 heterocycles. The molecule has 0 spiro atoms. The van der Waals surface area contributed by atoms with E-state index in [9.17, 15) is 87.1 Å². The van der Waals surface area contributed by atoms with Crippen molar-refractivity contribution < 1.29 is 115 Å². The molecule has 0 radical (unpaired) electrons. The van der Waals surface area contributed by atoms with Crippen LogP contribution in [0.4, 0.5) is 63.1 Å². The quantitative estimate of drug-likeness (QED) is 0.00797. The van der Waals surface area contributed by atoms with Crippen molar-refractivity contribution in [3.63, 3.8) is 0 Å². The van der Waals surface area contributed by atoms with E-state index in [1.165, 1.54) is 20.8 Å². The lowest BCUT2D eigenvalue weighted by Gasteiger charge is -2.26. The van der Waals surface area contributed by atoms with Crippen LogP contribution in [0, 0.1) is 58.2 Å². The summed E-state index contributed by atoms with van der Waals surface area (Å²) < 4.78 is 173. The number of unbranched alkanes of at least 4 members (excludes halogenated alkanes) is 3. The van der Waals surface area contributed by atoms with Crippen molar-refractivity contribution in [1.29, 1.82) is 0 Å². The summed E-state index contributed by atoms with van der Waals surface area (Å²) in [5, 5.41) is 16.8. The van der Waals surface area contributed by atoms with Crippen LogP contribution in [0.1, 0.15) is 154 Å². The first-order valence-corrected chi connectivity index (χ1v) is 27.3.